The molecule has 2 saturated heterocycles. The molecule has 2 fully saturated rings. The van der Waals surface area contributed by atoms with Crippen LogP contribution in [0.2, 0.25) is 0 Å². The molecule has 0 aliphatic carbocycles. The maximum atomic E-state index is 13.0. The highest BCUT2D eigenvalue weighted by atomic mass is 16.5. The number of nitrogen functional groups attached to an aromatic ring is 1. The zero-order valence-electron chi connectivity index (χ0n) is 20.6. The van der Waals surface area contributed by atoms with E-state index in [0.717, 1.165) is 24.1 Å². The lowest BCUT2D eigenvalue weighted by Gasteiger charge is -2.32. The Morgan fingerprint density at radius 3 is 2.56 bits per heavy atom. The van der Waals surface area contributed by atoms with Crippen molar-refractivity contribution in [1.82, 2.24) is 24.8 Å². The fourth-order valence-electron chi connectivity index (χ4n) is 4.82. The van der Waals surface area contributed by atoms with Gasteiger partial charge in [0.05, 0.1) is 38.3 Å². The minimum Gasteiger partial charge on any atom is -0.493 e. The summed E-state index contributed by atoms with van der Waals surface area (Å²) in [4.78, 5) is 32.7. The lowest BCUT2D eigenvalue weighted by atomic mass is 10.00. The highest BCUT2D eigenvalue weighted by Crippen LogP contribution is 2.45. The van der Waals surface area contributed by atoms with Gasteiger partial charge in [0.1, 0.15) is 5.82 Å². The summed E-state index contributed by atoms with van der Waals surface area (Å²) in [6.07, 6.45) is 4.27. The molecule has 2 aliphatic heterocycles. The maximum absolute atomic E-state index is 13.0. The van der Waals surface area contributed by atoms with Crippen LogP contribution < -0.4 is 20.1 Å². The number of benzene rings is 1. The number of rotatable bonds is 4. The first-order valence-electron chi connectivity index (χ1n) is 12.1. The molecule has 11 nitrogen and oxygen atoms in total. The number of nitrogens with two attached hydrogens (primary N) is 1. The van der Waals surface area contributed by atoms with E-state index in [0.29, 0.717) is 80.1 Å². The van der Waals surface area contributed by atoms with E-state index >= 15 is 0 Å². The fraction of sp³-hybridized carbons (Fsp3) is 0.440. The molecule has 0 radical (unpaired) electrons. The Labute approximate surface area is 209 Å². The topological polar surface area (TPSA) is 119 Å². The number of hydrogen-bond acceptors (Lipinski definition) is 9. The number of pyridine rings is 1. The van der Waals surface area contributed by atoms with Gasteiger partial charge in [0, 0.05) is 68.9 Å². The number of aromatic nitrogens is 3. The molecule has 0 saturated carbocycles. The average Bonchev–Trinajstić information content (AvgIpc) is 3.19. The van der Waals surface area contributed by atoms with E-state index in [1.54, 1.807) is 26.6 Å². The average molecular weight is 494 g/mol. The number of morpholine rings is 1. The van der Waals surface area contributed by atoms with Gasteiger partial charge in [-0.1, -0.05) is 6.07 Å². The van der Waals surface area contributed by atoms with Gasteiger partial charge in [0.15, 0.2) is 11.5 Å². The van der Waals surface area contributed by atoms with E-state index < -0.39 is 0 Å². The van der Waals surface area contributed by atoms with Crippen molar-refractivity contribution in [3.63, 3.8) is 0 Å². The Kier molecular flexibility index (Phi) is 6.90. The molecule has 0 spiro atoms. The molecule has 1 aromatic carbocycles. The van der Waals surface area contributed by atoms with Crippen molar-refractivity contribution in [3.8, 4) is 22.6 Å². The third-order valence-electron chi connectivity index (χ3n) is 6.63. The Hall–Kier alpha value is -3.86. The van der Waals surface area contributed by atoms with Crippen LogP contribution in [0.5, 0.6) is 11.5 Å². The molecule has 2 N–H and O–H groups in total. The van der Waals surface area contributed by atoms with E-state index in [9.17, 15) is 4.79 Å². The monoisotopic (exact) mass is 493 g/mol. The van der Waals surface area contributed by atoms with Crippen molar-refractivity contribution in [2.75, 3.05) is 77.3 Å². The second-order valence-electron chi connectivity index (χ2n) is 8.74. The number of fused-ring (bicyclic) bond motifs is 1. The first-order chi connectivity index (χ1) is 17.6. The summed E-state index contributed by atoms with van der Waals surface area (Å²) in [6, 6.07) is 5.68. The molecule has 0 unspecified atom stereocenters. The van der Waals surface area contributed by atoms with E-state index in [-0.39, 0.29) is 6.03 Å². The molecule has 0 atom stereocenters. The second kappa shape index (κ2) is 10.4. The second-order valence-corrected chi connectivity index (χ2v) is 8.74. The third-order valence-corrected chi connectivity index (χ3v) is 6.63. The van der Waals surface area contributed by atoms with Gasteiger partial charge in [0.25, 0.3) is 0 Å². The highest BCUT2D eigenvalue weighted by molar-refractivity contribution is 6.05. The quantitative estimate of drug-likeness (QED) is 0.584. The normalized spacial score (nSPS) is 16.7. The van der Waals surface area contributed by atoms with Crippen LogP contribution in [0.25, 0.3) is 22.0 Å². The molecule has 190 valence electrons. The van der Waals surface area contributed by atoms with E-state index in [1.807, 2.05) is 28.0 Å². The predicted octanol–water partition coefficient (Wildman–Crippen LogP) is 2.26. The molecule has 2 amide bonds. The zero-order valence-corrected chi connectivity index (χ0v) is 20.6. The summed E-state index contributed by atoms with van der Waals surface area (Å²) >= 11 is 0. The van der Waals surface area contributed by atoms with Crippen molar-refractivity contribution in [1.29, 1.82) is 0 Å². The Morgan fingerprint density at radius 1 is 1.03 bits per heavy atom. The summed E-state index contributed by atoms with van der Waals surface area (Å²) in [5.41, 5.74) is 8.77. The van der Waals surface area contributed by atoms with Gasteiger partial charge in [-0.05, 0) is 12.5 Å². The summed E-state index contributed by atoms with van der Waals surface area (Å²) < 4.78 is 16.7. The van der Waals surface area contributed by atoms with Gasteiger partial charge in [-0.2, -0.15) is 4.98 Å². The standard InChI is InChI=1S/C25H31N7O4/c1-34-19-15-18-21(20(22(19)35-2)17-5-3-6-27-16-17)23(26)29-24(28-18)30-7-4-8-31(10-9-30)25(33)32-11-13-36-14-12-32/h3,5-6,15-16H,4,7-14H2,1-2H3,(H2,26,28,29). The van der Waals surface area contributed by atoms with Crippen molar-refractivity contribution >= 4 is 28.7 Å². The van der Waals surface area contributed by atoms with Crippen molar-refractivity contribution < 1.29 is 19.0 Å². The number of ether oxygens (including phenoxy) is 3. The van der Waals surface area contributed by atoms with E-state index in [2.05, 4.69) is 14.9 Å². The van der Waals surface area contributed by atoms with Gasteiger partial charge < -0.3 is 34.6 Å². The molecule has 2 aromatic heterocycles. The number of urea groups is 1. The lowest BCUT2D eigenvalue weighted by molar-refractivity contribution is 0.0438. The molecule has 3 aromatic rings. The van der Waals surface area contributed by atoms with Gasteiger partial charge in [-0.3, -0.25) is 4.98 Å². The molecule has 36 heavy (non-hydrogen) atoms. The molecular weight excluding hydrogens is 462 g/mol. The highest BCUT2D eigenvalue weighted by Gasteiger charge is 2.27. The van der Waals surface area contributed by atoms with E-state index in [4.69, 9.17) is 24.9 Å². The number of carbonyl (C=O) groups excluding carboxylic acids is 1. The lowest BCUT2D eigenvalue weighted by Crippen LogP contribution is -2.49. The maximum Gasteiger partial charge on any atom is 0.320 e. The number of hydrogen-bond donors (Lipinski definition) is 1. The van der Waals surface area contributed by atoms with Crippen LogP contribution >= 0.6 is 0 Å². The minimum absolute atomic E-state index is 0.0667. The number of carbonyl (C=O) groups is 1. The first kappa shape index (κ1) is 23.9. The Balaban J connectivity index is 1.47. The Morgan fingerprint density at radius 2 is 1.83 bits per heavy atom. The van der Waals surface area contributed by atoms with Crippen LogP contribution in [0.1, 0.15) is 6.42 Å². The molecule has 0 bridgehead atoms. The summed E-state index contributed by atoms with van der Waals surface area (Å²) in [6.45, 7) is 5.05. The van der Waals surface area contributed by atoms with Crippen LogP contribution in [0.15, 0.2) is 30.6 Å². The number of nitrogens with zero attached hydrogens (tertiary/aromatic N) is 6. The summed E-state index contributed by atoms with van der Waals surface area (Å²) in [5.74, 6) is 1.98. The molecule has 11 heteroatoms. The fourth-order valence-corrected chi connectivity index (χ4v) is 4.82. The van der Waals surface area contributed by atoms with Crippen molar-refractivity contribution in [2.24, 2.45) is 0 Å². The molecule has 2 aliphatic rings. The largest absolute Gasteiger partial charge is 0.493 e. The van der Waals surface area contributed by atoms with Crippen molar-refractivity contribution in [3.05, 3.63) is 30.6 Å². The number of amides is 2. The number of methoxy groups -OCH3 is 2. The molecular formula is C25H31N7O4. The van der Waals surface area contributed by atoms with E-state index in [1.165, 1.54) is 0 Å². The molecule has 5 rings (SSSR count). The smallest absolute Gasteiger partial charge is 0.320 e. The third kappa shape index (κ3) is 4.53. The van der Waals surface area contributed by atoms with Crippen LogP contribution in [-0.4, -0.2) is 97.5 Å². The van der Waals surface area contributed by atoms with Crippen LogP contribution in [0.4, 0.5) is 16.6 Å². The molecule has 4 heterocycles. The first-order valence-corrected chi connectivity index (χ1v) is 12.1. The minimum atomic E-state index is 0.0667. The van der Waals surface area contributed by atoms with Crippen LogP contribution in [0.3, 0.4) is 0 Å². The SMILES string of the molecule is COc1cc2nc(N3CCCN(C(=O)N4CCOCC4)CC3)nc(N)c2c(-c2cccnc2)c1OC. The zero-order chi connectivity index (χ0) is 25.1. The van der Waals surface area contributed by atoms with Crippen LogP contribution in [-0.2, 0) is 4.74 Å². The predicted molar refractivity (Wildman–Crippen MR) is 136 cm³/mol. The van der Waals surface area contributed by atoms with Crippen molar-refractivity contribution in [2.45, 2.75) is 6.42 Å². The van der Waals surface area contributed by atoms with Crippen LogP contribution in [0, 0.1) is 0 Å². The Bertz CT molecular complexity index is 1230. The van der Waals surface area contributed by atoms with Gasteiger partial charge in [-0.25, -0.2) is 9.78 Å². The van der Waals surface area contributed by atoms with Gasteiger partial charge in [-0.15, -0.1) is 0 Å². The van der Waals surface area contributed by atoms with Gasteiger partial charge in [0.2, 0.25) is 5.95 Å². The summed E-state index contributed by atoms with van der Waals surface area (Å²) in [7, 11) is 3.19. The number of anilines is 2. The summed E-state index contributed by atoms with van der Waals surface area (Å²) in [5, 5.41) is 0.684. The van der Waals surface area contributed by atoms with Gasteiger partial charge >= 0.3 is 6.03 Å².